The topological polar surface area (TPSA) is 45.4 Å². The Labute approximate surface area is 128 Å². The van der Waals surface area contributed by atoms with Crippen LogP contribution < -0.4 is 10.6 Å². The van der Waals surface area contributed by atoms with Gasteiger partial charge in [0.25, 0.3) is 0 Å². The Morgan fingerprint density at radius 3 is 2.76 bits per heavy atom. The van der Waals surface area contributed by atoms with E-state index in [4.69, 9.17) is 5.73 Å². The van der Waals surface area contributed by atoms with E-state index >= 15 is 0 Å². The summed E-state index contributed by atoms with van der Waals surface area (Å²) in [6, 6.07) is 2.86. The lowest BCUT2D eigenvalue weighted by Gasteiger charge is -2.43. The number of hydrogen-bond donors (Lipinski definition) is 1. The predicted molar refractivity (Wildman–Crippen MR) is 88.5 cm³/mol. The second-order valence-electron chi connectivity index (χ2n) is 6.55. The molecule has 1 aliphatic carbocycles. The van der Waals surface area contributed by atoms with Gasteiger partial charge >= 0.3 is 0 Å². The normalized spacial score (nSPS) is 27.8. The first kappa shape index (κ1) is 14.6. The molecule has 2 fully saturated rings. The molecule has 4 nitrogen and oxygen atoms in total. The van der Waals surface area contributed by atoms with Crippen LogP contribution in [0.4, 0.5) is 11.4 Å². The molecule has 0 radical (unpaired) electrons. The minimum atomic E-state index is 0.801. The highest BCUT2D eigenvalue weighted by molar-refractivity contribution is 5.66. The molecule has 2 heterocycles. The first-order valence-corrected chi connectivity index (χ1v) is 8.46. The van der Waals surface area contributed by atoms with Gasteiger partial charge in [-0.15, -0.1) is 0 Å². The van der Waals surface area contributed by atoms with Gasteiger partial charge in [0.15, 0.2) is 0 Å². The van der Waals surface area contributed by atoms with Gasteiger partial charge in [0, 0.05) is 38.4 Å². The van der Waals surface area contributed by atoms with E-state index in [-0.39, 0.29) is 0 Å². The Kier molecular flexibility index (Phi) is 4.63. The van der Waals surface area contributed by atoms with Gasteiger partial charge in [-0.25, -0.2) is 0 Å². The summed E-state index contributed by atoms with van der Waals surface area (Å²) in [7, 11) is 0. The number of pyridine rings is 1. The highest BCUT2D eigenvalue weighted by atomic mass is 15.3. The molecule has 1 aliphatic heterocycles. The molecule has 0 bridgehead atoms. The maximum Gasteiger partial charge on any atom is 0.0738 e. The van der Waals surface area contributed by atoms with E-state index in [0.29, 0.717) is 0 Å². The molecule has 2 unspecified atom stereocenters. The molecule has 1 saturated carbocycles. The SMILES string of the molecule is CCC1CCCC(N2CCN(c3ccncc3N)CC2)C1. The molecule has 4 heteroatoms. The summed E-state index contributed by atoms with van der Waals surface area (Å²) in [5.41, 5.74) is 8.00. The smallest absolute Gasteiger partial charge is 0.0738 e. The predicted octanol–water partition coefficient (Wildman–Crippen LogP) is 2.75. The zero-order valence-electron chi connectivity index (χ0n) is 13.2. The summed E-state index contributed by atoms with van der Waals surface area (Å²) in [6.07, 6.45) is 10.6. The molecule has 0 amide bonds. The van der Waals surface area contributed by atoms with Crippen LogP contribution in [0.25, 0.3) is 0 Å². The Bertz CT molecular complexity index is 454. The Morgan fingerprint density at radius 1 is 1.24 bits per heavy atom. The quantitative estimate of drug-likeness (QED) is 0.929. The van der Waals surface area contributed by atoms with Gasteiger partial charge in [-0.1, -0.05) is 26.2 Å². The van der Waals surface area contributed by atoms with Crippen molar-refractivity contribution in [3.05, 3.63) is 18.5 Å². The average molecular weight is 288 g/mol. The van der Waals surface area contributed by atoms with E-state index in [1.54, 1.807) is 6.20 Å². The molecule has 0 spiro atoms. The van der Waals surface area contributed by atoms with Gasteiger partial charge in [-0.2, -0.15) is 0 Å². The van der Waals surface area contributed by atoms with Crippen molar-refractivity contribution in [2.45, 2.75) is 45.1 Å². The van der Waals surface area contributed by atoms with E-state index in [1.807, 2.05) is 12.3 Å². The van der Waals surface area contributed by atoms with Crippen molar-refractivity contribution < 1.29 is 0 Å². The van der Waals surface area contributed by atoms with Gasteiger partial charge in [-0.3, -0.25) is 9.88 Å². The number of aromatic nitrogens is 1. The third-order valence-corrected chi connectivity index (χ3v) is 5.33. The minimum absolute atomic E-state index is 0.801. The van der Waals surface area contributed by atoms with Crippen LogP contribution >= 0.6 is 0 Å². The zero-order valence-corrected chi connectivity index (χ0v) is 13.2. The number of nitrogen functional groups attached to an aromatic ring is 1. The van der Waals surface area contributed by atoms with E-state index in [2.05, 4.69) is 21.7 Å². The number of rotatable bonds is 3. The Morgan fingerprint density at radius 2 is 2.05 bits per heavy atom. The van der Waals surface area contributed by atoms with E-state index < -0.39 is 0 Å². The number of nitrogens with zero attached hydrogens (tertiary/aromatic N) is 3. The summed E-state index contributed by atoms with van der Waals surface area (Å²) in [5, 5.41) is 0. The van der Waals surface area contributed by atoms with Crippen LogP contribution in [0.3, 0.4) is 0 Å². The van der Waals surface area contributed by atoms with Crippen LogP contribution in [-0.4, -0.2) is 42.1 Å². The van der Waals surface area contributed by atoms with Crippen LogP contribution in [0.15, 0.2) is 18.5 Å². The number of piperazine rings is 1. The van der Waals surface area contributed by atoms with Gasteiger partial charge in [-0.05, 0) is 24.8 Å². The van der Waals surface area contributed by atoms with Crippen molar-refractivity contribution in [3.8, 4) is 0 Å². The summed E-state index contributed by atoms with van der Waals surface area (Å²) < 4.78 is 0. The van der Waals surface area contributed by atoms with Gasteiger partial charge < -0.3 is 10.6 Å². The van der Waals surface area contributed by atoms with Crippen LogP contribution in [0.1, 0.15) is 39.0 Å². The van der Waals surface area contributed by atoms with Crippen molar-refractivity contribution >= 4 is 11.4 Å². The number of hydrogen-bond acceptors (Lipinski definition) is 4. The molecule has 2 N–H and O–H groups in total. The second kappa shape index (κ2) is 6.65. The molecule has 1 aromatic heterocycles. The van der Waals surface area contributed by atoms with Crippen LogP contribution in [0, 0.1) is 5.92 Å². The molecule has 21 heavy (non-hydrogen) atoms. The minimum Gasteiger partial charge on any atom is -0.396 e. The van der Waals surface area contributed by atoms with E-state index in [1.165, 1.54) is 45.2 Å². The first-order chi connectivity index (χ1) is 10.3. The molecule has 116 valence electrons. The number of nitrogens with two attached hydrogens (primary N) is 1. The van der Waals surface area contributed by atoms with Crippen LogP contribution in [0.5, 0.6) is 0 Å². The maximum absolute atomic E-state index is 6.05. The Balaban J connectivity index is 1.57. The van der Waals surface area contributed by atoms with Gasteiger partial charge in [0.1, 0.15) is 0 Å². The first-order valence-electron chi connectivity index (χ1n) is 8.46. The summed E-state index contributed by atoms with van der Waals surface area (Å²) >= 11 is 0. The lowest BCUT2D eigenvalue weighted by molar-refractivity contribution is 0.122. The maximum atomic E-state index is 6.05. The molecule has 2 atom stereocenters. The fourth-order valence-electron chi connectivity index (χ4n) is 3.98. The zero-order chi connectivity index (χ0) is 14.7. The van der Waals surface area contributed by atoms with Gasteiger partial charge in [0.05, 0.1) is 17.6 Å². The largest absolute Gasteiger partial charge is 0.396 e. The van der Waals surface area contributed by atoms with E-state index in [0.717, 1.165) is 36.4 Å². The summed E-state index contributed by atoms with van der Waals surface area (Å²) in [5.74, 6) is 0.956. The highest BCUT2D eigenvalue weighted by Gasteiger charge is 2.28. The van der Waals surface area contributed by atoms with Crippen LogP contribution in [-0.2, 0) is 0 Å². The summed E-state index contributed by atoms with van der Waals surface area (Å²) in [6.45, 7) is 6.85. The molecule has 2 aliphatic rings. The molecule has 1 saturated heterocycles. The Hall–Kier alpha value is -1.29. The van der Waals surface area contributed by atoms with Gasteiger partial charge in [0.2, 0.25) is 0 Å². The third kappa shape index (κ3) is 3.31. The van der Waals surface area contributed by atoms with Crippen molar-refractivity contribution in [1.29, 1.82) is 0 Å². The van der Waals surface area contributed by atoms with Crippen molar-refractivity contribution in [2.75, 3.05) is 36.8 Å². The molecule has 3 rings (SSSR count). The molecule has 0 aromatic carbocycles. The van der Waals surface area contributed by atoms with Crippen molar-refractivity contribution in [1.82, 2.24) is 9.88 Å². The molecular weight excluding hydrogens is 260 g/mol. The fraction of sp³-hybridized carbons (Fsp3) is 0.706. The van der Waals surface area contributed by atoms with E-state index in [9.17, 15) is 0 Å². The average Bonchev–Trinajstić information content (AvgIpc) is 2.56. The highest BCUT2D eigenvalue weighted by Crippen LogP contribution is 2.31. The molecule has 1 aromatic rings. The number of anilines is 2. The molecular formula is C17H28N4. The summed E-state index contributed by atoms with van der Waals surface area (Å²) in [4.78, 5) is 9.21. The lowest BCUT2D eigenvalue weighted by atomic mass is 9.83. The van der Waals surface area contributed by atoms with Crippen LogP contribution in [0.2, 0.25) is 0 Å². The third-order valence-electron chi connectivity index (χ3n) is 5.33. The van der Waals surface area contributed by atoms with Crippen molar-refractivity contribution in [2.24, 2.45) is 5.92 Å². The second-order valence-corrected chi connectivity index (χ2v) is 6.55. The fourth-order valence-corrected chi connectivity index (χ4v) is 3.98. The van der Waals surface area contributed by atoms with Crippen molar-refractivity contribution in [3.63, 3.8) is 0 Å². The lowest BCUT2D eigenvalue weighted by Crippen LogP contribution is -2.51. The standard InChI is InChI=1S/C17H28N4/c1-2-14-4-3-5-15(12-14)20-8-10-21(11-9-20)17-6-7-19-13-16(17)18/h6-7,13-15H,2-5,8-12,18H2,1H3. The monoisotopic (exact) mass is 288 g/mol.